The quantitative estimate of drug-likeness (QED) is 0.645. The number of nitrogens with zero attached hydrogens (tertiary/aromatic N) is 4. The number of carbonyl (C=O) groups excluding carboxylic acids is 1. The number of carbonyl (C=O) groups is 1. The summed E-state index contributed by atoms with van der Waals surface area (Å²) in [4.78, 5) is 20.7. The SMILES string of the molecule is O=C(COc1ccccc1O)N1CCN(Cc2nc(-c3ccc(Cl)cc3)no2)CC1. The van der Waals surface area contributed by atoms with Crippen molar-refractivity contribution in [3.63, 3.8) is 0 Å². The predicted octanol–water partition coefficient (Wildman–Crippen LogP) is 2.82. The van der Waals surface area contributed by atoms with Gasteiger partial charge in [0.25, 0.3) is 5.91 Å². The van der Waals surface area contributed by atoms with Crippen LogP contribution >= 0.6 is 11.6 Å². The number of rotatable bonds is 6. The molecule has 0 unspecified atom stereocenters. The topological polar surface area (TPSA) is 91.9 Å². The van der Waals surface area contributed by atoms with Gasteiger partial charge in [0.2, 0.25) is 11.7 Å². The van der Waals surface area contributed by atoms with Crippen molar-refractivity contribution in [3.8, 4) is 22.9 Å². The lowest BCUT2D eigenvalue weighted by Gasteiger charge is -2.33. The summed E-state index contributed by atoms with van der Waals surface area (Å²) in [6.45, 7) is 2.98. The van der Waals surface area contributed by atoms with Gasteiger partial charge in [0.1, 0.15) is 0 Å². The molecular weight excluding hydrogens is 408 g/mol. The van der Waals surface area contributed by atoms with Crippen molar-refractivity contribution >= 4 is 17.5 Å². The highest BCUT2D eigenvalue weighted by atomic mass is 35.5. The van der Waals surface area contributed by atoms with E-state index in [1.54, 1.807) is 35.2 Å². The molecule has 0 aliphatic carbocycles. The largest absolute Gasteiger partial charge is 0.504 e. The Bertz CT molecular complexity index is 1000. The highest BCUT2D eigenvalue weighted by Crippen LogP contribution is 2.24. The maximum absolute atomic E-state index is 12.4. The minimum atomic E-state index is -0.110. The molecular formula is C21H21ClN4O4. The van der Waals surface area contributed by atoms with E-state index >= 15 is 0 Å². The van der Waals surface area contributed by atoms with E-state index in [1.165, 1.54) is 6.07 Å². The minimum Gasteiger partial charge on any atom is -0.504 e. The summed E-state index contributed by atoms with van der Waals surface area (Å²) in [6, 6.07) is 13.9. The van der Waals surface area contributed by atoms with Gasteiger partial charge in [0.05, 0.1) is 6.54 Å². The fraction of sp³-hybridized carbons (Fsp3) is 0.286. The molecule has 0 spiro atoms. The Labute approximate surface area is 178 Å². The molecule has 1 aliphatic rings. The Morgan fingerprint density at radius 1 is 1.10 bits per heavy atom. The predicted molar refractivity (Wildman–Crippen MR) is 110 cm³/mol. The van der Waals surface area contributed by atoms with E-state index < -0.39 is 0 Å². The van der Waals surface area contributed by atoms with E-state index in [4.69, 9.17) is 20.9 Å². The van der Waals surface area contributed by atoms with Crippen molar-refractivity contribution in [2.45, 2.75) is 6.54 Å². The fourth-order valence-corrected chi connectivity index (χ4v) is 3.32. The standard InChI is InChI=1S/C21H21ClN4O4/c22-16-7-5-15(6-8-16)21-23-19(30-24-21)13-25-9-11-26(12-10-25)20(28)14-29-18-4-2-1-3-17(18)27/h1-8,27H,9-14H2. The van der Waals surface area contributed by atoms with E-state index in [0.29, 0.717) is 55.2 Å². The molecule has 30 heavy (non-hydrogen) atoms. The van der Waals surface area contributed by atoms with Crippen LogP contribution in [0.15, 0.2) is 53.1 Å². The van der Waals surface area contributed by atoms with Crippen molar-refractivity contribution in [2.24, 2.45) is 0 Å². The minimum absolute atomic E-state index is 0.0210. The lowest BCUT2D eigenvalue weighted by molar-refractivity contribution is -0.135. The Hall–Kier alpha value is -3.10. The van der Waals surface area contributed by atoms with Gasteiger partial charge in [-0.05, 0) is 36.4 Å². The van der Waals surface area contributed by atoms with E-state index in [9.17, 15) is 9.90 Å². The molecule has 9 heteroatoms. The number of aromatic nitrogens is 2. The van der Waals surface area contributed by atoms with E-state index in [2.05, 4.69) is 15.0 Å². The van der Waals surface area contributed by atoms with Gasteiger partial charge < -0.3 is 19.3 Å². The van der Waals surface area contributed by atoms with Crippen LogP contribution in [0.25, 0.3) is 11.4 Å². The summed E-state index contributed by atoms with van der Waals surface area (Å²) in [5.74, 6) is 1.27. The van der Waals surface area contributed by atoms with E-state index in [0.717, 1.165) is 5.56 Å². The van der Waals surface area contributed by atoms with Gasteiger partial charge in [-0.15, -0.1) is 0 Å². The number of piperazine rings is 1. The first kappa shape index (κ1) is 20.2. The summed E-state index contributed by atoms with van der Waals surface area (Å²) >= 11 is 5.91. The van der Waals surface area contributed by atoms with Crippen LogP contribution in [0.5, 0.6) is 11.5 Å². The van der Waals surface area contributed by atoms with Crippen LogP contribution in [0.1, 0.15) is 5.89 Å². The summed E-state index contributed by atoms with van der Waals surface area (Å²) < 4.78 is 10.8. The number of benzene rings is 2. The number of aromatic hydroxyl groups is 1. The third-order valence-electron chi connectivity index (χ3n) is 4.87. The molecule has 1 saturated heterocycles. The van der Waals surface area contributed by atoms with E-state index in [1.807, 2.05) is 12.1 Å². The summed E-state index contributed by atoms with van der Waals surface area (Å²) in [5, 5.41) is 14.4. The van der Waals surface area contributed by atoms with Crippen molar-refractivity contribution in [1.29, 1.82) is 0 Å². The fourth-order valence-electron chi connectivity index (χ4n) is 3.19. The molecule has 156 valence electrons. The molecule has 3 aromatic rings. The number of hydrogen-bond acceptors (Lipinski definition) is 7. The maximum atomic E-state index is 12.4. The molecule has 0 saturated carbocycles. The van der Waals surface area contributed by atoms with Crippen LogP contribution in [0.3, 0.4) is 0 Å². The Kier molecular flexibility index (Phi) is 6.15. The molecule has 4 rings (SSSR count). The summed E-state index contributed by atoms with van der Waals surface area (Å²) in [5.41, 5.74) is 0.842. The first-order valence-electron chi connectivity index (χ1n) is 9.58. The summed E-state index contributed by atoms with van der Waals surface area (Å²) in [7, 11) is 0. The van der Waals surface area contributed by atoms with Crippen LogP contribution in [-0.2, 0) is 11.3 Å². The van der Waals surface area contributed by atoms with Gasteiger partial charge in [-0.2, -0.15) is 4.98 Å². The Morgan fingerprint density at radius 2 is 1.83 bits per heavy atom. The van der Waals surface area contributed by atoms with E-state index in [-0.39, 0.29) is 18.3 Å². The normalized spacial score (nSPS) is 14.6. The van der Waals surface area contributed by atoms with Crippen molar-refractivity contribution in [2.75, 3.05) is 32.8 Å². The molecule has 1 amide bonds. The van der Waals surface area contributed by atoms with Crippen LogP contribution in [0.4, 0.5) is 0 Å². The average Bonchev–Trinajstić information content (AvgIpc) is 3.22. The third kappa shape index (κ3) is 4.90. The first-order chi connectivity index (χ1) is 14.6. The number of ether oxygens (including phenoxy) is 1. The number of phenolic OH excluding ortho intramolecular Hbond substituents is 1. The third-order valence-corrected chi connectivity index (χ3v) is 5.12. The van der Waals surface area contributed by atoms with Crippen molar-refractivity contribution < 1.29 is 19.2 Å². The van der Waals surface area contributed by atoms with Gasteiger partial charge >= 0.3 is 0 Å². The van der Waals surface area contributed by atoms with Crippen molar-refractivity contribution in [1.82, 2.24) is 19.9 Å². The lowest BCUT2D eigenvalue weighted by atomic mass is 10.2. The molecule has 1 fully saturated rings. The average molecular weight is 429 g/mol. The first-order valence-corrected chi connectivity index (χ1v) is 9.96. The molecule has 0 radical (unpaired) electrons. The summed E-state index contributed by atoms with van der Waals surface area (Å²) in [6.07, 6.45) is 0. The van der Waals surface area contributed by atoms with Gasteiger partial charge in [0, 0.05) is 36.8 Å². The zero-order valence-electron chi connectivity index (χ0n) is 16.2. The molecule has 0 bridgehead atoms. The van der Waals surface area contributed by atoms with Crippen LogP contribution in [0, 0.1) is 0 Å². The number of amides is 1. The molecule has 1 N–H and O–H groups in total. The Morgan fingerprint density at radius 3 is 2.57 bits per heavy atom. The number of para-hydroxylation sites is 2. The second-order valence-corrected chi connectivity index (χ2v) is 7.37. The zero-order chi connectivity index (χ0) is 20.9. The second-order valence-electron chi connectivity index (χ2n) is 6.93. The highest BCUT2D eigenvalue weighted by molar-refractivity contribution is 6.30. The lowest BCUT2D eigenvalue weighted by Crippen LogP contribution is -2.49. The Balaban J connectivity index is 1.25. The molecule has 8 nitrogen and oxygen atoms in total. The highest BCUT2D eigenvalue weighted by Gasteiger charge is 2.23. The van der Waals surface area contributed by atoms with Crippen LogP contribution in [-0.4, -0.2) is 63.7 Å². The number of phenols is 1. The number of halogens is 1. The molecule has 2 heterocycles. The van der Waals surface area contributed by atoms with Gasteiger partial charge in [0.15, 0.2) is 18.1 Å². The molecule has 0 atom stereocenters. The second kappa shape index (κ2) is 9.15. The monoisotopic (exact) mass is 428 g/mol. The molecule has 1 aliphatic heterocycles. The van der Waals surface area contributed by atoms with Crippen LogP contribution < -0.4 is 4.74 Å². The van der Waals surface area contributed by atoms with Gasteiger partial charge in [-0.1, -0.05) is 28.9 Å². The zero-order valence-corrected chi connectivity index (χ0v) is 17.0. The smallest absolute Gasteiger partial charge is 0.260 e. The number of hydrogen-bond donors (Lipinski definition) is 1. The van der Waals surface area contributed by atoms with Gasteiger partial charge in [-0.25, -0.2) is 0 Å². The molecule has 2 aromatic carbocycles. The van der Waals surface area contributed by atoms with Crippen LogP contribution in [0.2, 0.25) is 5.02 Å². The van der Waals surface area contributed by atoms with Crippen molar-refractivity contribution in [3.05, 3.63) is 59.4 Å². The van der Waals surface area contributed by atoms with Gasteiger partial charge in [-0.3, -0.25) is 9.69 Å². The molecule has 1 aromatic heterocycles. The maximum Gasteiger partial charge on any atom is 0.260 e.